The van der Waals surface area contributed by atoms with Crippen LogP contribution in [-0.2, 0) is 31.6 Å². The number of hydrogen-bond acceptors (Lipinski definition) is 9. The van der Waals surface area contributed by atoms with Gasteiger partial charge in [-0.2, -0.15) is 26.3 Å². The van der Waals surface area contributed by atoms with Crippen LogP contribution in [0.25, 0.3) is 11.4 Å². The summed E-state index contributed by atoms with van der Waals surface area (Å²) < 4.78 is 90.0. The molecule has 0 atom stereocenters. The van der Waals surface area contributed by atoms with Gasteiger partial charge in [-0.15, -0.1) is 5.10 Å². The molecule has 366 valence electrons. The molecule has 0 saturated heterocycles. The molecule has 17 heteroatoms. The number of alkyl halides is 6. The van der Waals surface area contributed by atoms with E-state index in [1.54, 1.807) is 42.5 Å². The Morgan fingerprint density at radius 1 is 0.521 bits per heavy atom. The number of carbonyl (C=O) groups excluding carboxylic acids is 3. The number of halogens is 7. The first-order chi connectivity index (χ1) is 34.8. The Hall–Kier alpha value is -8.62. The lowest BCUT2D eigenvalue weighted by molar-refractivity contribution is -0.138. The van der Waals surface area contributed by atoms with E-state index in [-0.39, 0.29) is 33.9 Å². The molecule has 0 saturated carbocycles. The molecule has 10 rings (SSSR count). The molecule has 0 unspecified atom stereocenters. The van der Waals surface area contributed by atoms with Crippen LogP contribution in [0.3, 0.4) is 0 Å². The van der Waals surface area contributed by atoms with Gasteiger partial charge in [-0.25, -0.2) is 24.4 Å². The van der Waals surface area contributed by atoms with Gasteiger partial charge in [0.2, 0.25) is 0 Å². The summed E-state index contributed by atoms with van der Waals surface area (Å²) in [4.78, 5) is 48.9. The lowest BCUT2D eigenvalue weighted by atomic mass is 9.75. The van der Waals surface area contributed by atoms with Crippen LogP contribution < -0.4 is 0 Å². The van der Waals surface area contributed by atoms with E-state index in [1.807, 2.05) is 13.8 Å². The third-order valence-corrected chi connectivity index (χ3v) is 11.6. The normalized spacial score (nSPS) is 14.3. The average molecular weight is 992 g/mol. The molecule has 0 fully saturated rings. The van der Waals surface area contributed by atoms with Crippen molar-refractivity contribution in [2.75, 3.05) is 0 Å². The fraction of sp³-hybridized carbons (Fsp3) is 0.232. The number of H-pyrrole nitrogens is 1. The number of benzene rings is 3. The Balaban J connectivity index is 0.000000146. The van der Waals surface area contributed by atoms with Crippen LogP contribution in [0.15, 0.2) is 103 Å². The number of nitrogens with zero attached hydrogens (tertiary/aromatic N) is 6. The van der Waals surface area contributed by atoms with Crippen molar-refractivity contribution in [2.24, 2.45) is 5.41 Å². The summed E-state index contributed by atoms with van der Waals surface area (Å²) in [5, 5.41) is 13.3. The zero-order valence-electron chi connectivity index (χ0n) is 39.0. The van der Waals surface area contributed by atoms with Crippen molar-refractivity contribution in [2.45, 2.75) is 77.6 Å². The van der Waals surface area contributed by atoms with Gasteiger partial charge in [0.15, 0.2) is 23.2 Å². The summed E-state index contributed by atoms with van der Waals surface area (Å²) in [6, 6.07) is 24.2. The number of nitrogens with one attached hydrogen (secondary N) is 1. The first-order valence-corrected chi connectivity index (χ1v) is 22.8. The number of aryl methyl sites for hydroxylation is 2. The summed E-state index contributed by atoms with van der Waals surface area (Å²) in [5.74, 6) is 17.0. The molecular formula is C56H40F7N7O3. The number of aromatic amines is 1. The van der Waals surface area contributed by atoms with Crippen molar-refractivity contribution in [3.05, 3.63) is 188 Å². The highest BCUT2D eigenvalue weighted by molar-refractivity contribution is 5.99. The molecule has 1 N–H and O–H groups in total. The highest BCUT2D eigenvalue weighted by atomic mass is 19.4. The Kier molecular flexibility index (Phi) is 14.9. The van der Waals surface area contributed by atoms with Gasteiger partial charge in [0.1, 0.15) is 22.9 Å². The van der Waals surface area contributed by atoms with Gasteiger partial charge >= 0.3 is 12.4 Å². The van der Waals surface area contributed by atoms with E-state index < -0.39 is 29.3 Å². The molecule has 3 aliphatic carbocycles. The Labute approximate surface area is 414 Å². The van der Waals surface area contributed by atoms with Crippen LogP contribution in [-0.4, -0.2) is 52.9 Å². The molecule has 0 spiro atoms. The minimum Gasteiger partial charge on any atom is -0.294 e. The first-order valence-electron chi connectivity index (χ1n) is 22.8. The lowest BCUT2D eigenvalue weighted by Gasteiger charge is -2.29. The molecule has 0 amide bonds. The first kappa shape index (κ1) is 50.8. The average Bonchev–Trinajstić information content (AvgIpc) is 3.90. The van der Waals surface area contributed by atoms with Gasteiger partial charge < -0.3 is 0 Å². The lowest BCUT2D eigenvalue weighted by Crippen LogP contribution is -2.28. The molecule has 0 aliphatic heterocycles. The maximum Gasteiger partial charge on any atom is 0.416 e. The molecular weight excluding hydrogens is 952 g/mol. The maximum absolute atomic E-state index is 13.8. The van der Waals surface area contributed by atoms with Crippen LogP contribution in [0.4, 0.5) is 30.7 Å². The number of Topliss-reactive ketones (excluding diaryl/α,β-unsaturated/α-hetero) is 3. The summed E-state index contributed by atoms with van der Waals surface area (Å²) in [6.45, 7) is 4.02. The molecule has 10 nitrogen and oxygen atoms in total. The Morgan fingerprint density at radius 3 is 1.48 bits per heavy atom. The molecule has 0 radical (unpaired) electrons. The zero-order chi connectivity index (χ0) is 51.9. The quantitative estimate of drug-likeness (QED) is 0.126. The van der Waals surface area contributed by atoms with Crippen LogP contribution >= 0.6 is 0 Å². The van der Waals surface area contributed by atoms with Crippen molar-refractivity contribution in [1.82, 2.24) is 35.6 Å². The largest absolute Gasteiger partial charge is 0.416 e. The second kappa shape index (κ2) is 21.4. The molecule has 73 heavy (non-hydrogen) atoms. The van der Waals surface area contributed by atoms with Gasteiger partial charge in [-0.1, -0.05) is 43.7 Å². The number of tetrazole rings is 1. The Morgan fingerprint density at radius 2 is 1.00 bits per heavy atom. The van der Waals surface area contributed by atoms with Gasteiger partial charge in [0, 0.05) is 58.2 Å². The molecule has 4 heterocycles. The third-order valence-electron chi connectivity index (χ3n) is 11.6. The van der Waals surface area contributed by atoms with Gasteiger partial charge in [0.05, 0.1) is 28.2 Å². The second-order valence-corrected chi connectivity index (χ2v) is 18.0. The number of ketones is 3. The van der Waals surface area contributed by atoms with Gasteiger partial charge in [-0.3, -0.25) is 14.4 Å². The number of pyridine rings is 3. The summed E-state index contributed by atoms with van der Waals surface area (Å²) in [6.07, 6.45) is -3.44. The molecule has 3 aromatic carbocycles. The van der Waals surface area contributed by atoms with E-state index in [0.29, 0.717) is 82.1 Å². The monoisotopic (exact) mass is 991 g/mol. The minimum absolute atomic E-state index is 0.0659. The van der Waals surface area contributed by atoms with Crippen molar-refractivity contribution in [3.63, 3.8) is 0 Å². The van der Waals surface area contributed by atoms with E-state index >= 15 is 0 Å². The number of hydrogen-bond donors (Lipinski definition) is 1. The summed E-state index contributed by atoms with van der Waals surface area (Å²) >= 11 is 0. The standard InChI is InChI=1S/C20H16F3NO.C18H12F3NO.C18H12FN5O/c1-19(2)11-17-16(18(25)12-19)9-8-15(24-17)7-6-13-4-3-5-14(10-13)20(21,22)23;19-18(20,21)13-4-1-3-12(11-13)7-8-14-9-10-15-16(22-14)5-2-6-17(15)23;19-13-9-11(8-12(10-13)18-21-23-24-22-18)4-5-14-6-7-15-16(20-14)2-1-3-17(15)25/h3-5,8-10H,11-12H2,1-2H3;1,3-4,9-11H,2,5-6H2;6-10H,1-3H2,(H,21,22,23,24). The molecule has 0 bridgehead atoms. The number of carbonyl (C=O) groups is 3. The van der Waals surface area contributed by atoms with Crippen molar-refractivity contribution in [3.8, 4) is 46.9 Å². The topological polar surface area (TPSA) is 144 Å². The Bertz CT molecular complexity index is 3480. The highest BCUT2D eigenvalue weighted by Crippen LogP contribution is 2.34. The molecule has 7 aromatic rings. The van der Waals surface area contributed by atoms with E-state index in [1.165, 1.54) is 36.4 Å². The summed E-state index contributed by atoms with van der Waals surface area (Å²) in [5.41, 5.74) is 5.53. The predicted molar refractivity (Wildman–Crippen MR) is 254 cm³/mol. The molecule has 4 aromatic heterocycles. The van der Waals surface area contributed by atoms with E-state index in [4.69, 9.17) is 0 Å². The zero-order valence-corrected chi connectivity index (χ0v) is 39.0. The summed E-state index contributed by atoms with van der Waals surface area (Å²) in [7, 11) is 0. The third kappa shape index (κ3) is 13.2. The predicted octanol–water partition coefficient (Wildman–Crippen LogP) is 11.0. The number of aromatic nitrogens is 7. The van der Waals surface area contributed by atoms with Crippen LogP contribution in [0, 0.1) is 46.8 Å². The minimum atomic E-state index is -4.40. The van der Waals surface area contributed by atoms with Gasteiger partial charge in [-0.05, 0) is 157 Å². The van der Waals surface area contributed by atoms with E-state index in [2.05, 4.69) is 71.1 Å². The van der Waals surface area contributed by atoms with E-state index in [0.717, 1.165) is 61.3 Å². The van der Waals surface area contributed by atoms with Crippen molar-refractivity contribution >= 4 is 17.3 Å². The number of fused-ring (bicyclic) bond motifs is 3. The van der Waals surface area contributed by atoms with Crippen molar-refractivity contribution in [1.29, 1.82) is 0 Å². The fourth-order valence-electron chi connectivity index (χ4n) is 8.17. The van der Waals surface area contributed by atoms with E-state index in [9.17, 15) is 45.1 Å². The smallest absolute Gasteiger partial charge is 0.294 e. The maximum atomic E-state index is 13.8. The van der Waals surface area contributed by atoms with Crippen LogP contribution in [0.5, 0.6) is 0 Å². The number of rotatable bonds is 1. The van der Waals surface area contributed by atoms with Crippen molar-refractivity contribution < 1.29 is 45.1 Å². The van der Waals surface area contributed by atoms with Crippen LogP contribution in [0.1, 0.15) is 139 Å². The highest BCUT2D eigenvalue weighted by Gasteiger charge is 2.33. The molecule has 3 aliphatic rings. The second-order valence-electron chi connectivity index (χ2n) is 18.0. The fourth-order valence-corrected chi connectivity index (χ4v) is 8.17. The van der Waals surface area contributed by atoms with Crippen LogP contribution in [0.2, 0.25) is 0 Å². The SMILES string of the molecule is CC1(C)CC(=O)c2ccc(C#Cc3cccc(C(F)(F)F)c3)nc2C1.O=C1CCCc2nc(C#Cc3cc(F)cc(-c4nnn[nH]4)c3)ccc21.O=C1CCCc2nc(C#Cc3cccc(C(F)(F)F)c3)ccc21. The van der Waals surface area contributed by atoms with Gasteiger partial charge in [0.25, 0.3) is 0 Å².